The van der Waals surface area contributed by atoms with Crippen molar-refractivity contribution in [2.75, 3.05) is 6.79 Å². The summed E-state index contributed by atoms with van der Waals surface area (Å²) in [7, 11) is 0. The number of fused-ring (bicyclic) bond motifs is 1. The van der Waals surface area contributed by atoms with E-state index < -0.39 is 6.04 Å². The van der Waals surface area contributed by atoms with Crippen LogP contribution in [0.25, 0.3) is 0 Å². The number of hydrogen-bond acceptors (Lipinski definition) is 3. The van der Waals surface area contributed by atoms with Gasteiger partial charge in [0.2, 0.25) is 6.79 Å². The highest BCUT2D eigenvalue weighted by Crippen LogP contribution is 2.39. The molecule has 3 nitrogen and oxygen atoms in total. The van der Waals surface area contributed by atoms with Gasteiger partial charge in [-0.15, -0.1) is 0 Å². The highest BCUT2D eigenvalue weighted by atomic mass is 19.1. The molecule has 70 valence electrons. The van der Waals surface area contributed by atoms with Gasteiger partial charge in [0, 0.05) is 6.04 Å². The highest BCUT2D eigenvalue weighted by molar-refractivity contribution is 5.50. The van der Waals surface area contributed by atoms with Crippen molar-refractivity contribution in [3.05, 3.63) is 23.5 Å². The van der Waals surface area contributed by atoms with Gasteiger partial charge >= 0.3 is 0 Å². The molecule has 2 N–H and O–H groups in total. The first-order valence-corrected chi connectivity index (χ1v) is 4.03. The summed E-state index contributed by atoms with van der Waals surface area (Å²) in [4.78, 5) is 0. The fraction of sp³-hybridized carbons (Fsp3) is 0.333. The highest BCUT2D eigenvalue weighted by Gasteiger charge is 2.22. The van der Waals surface area contributed by atoms with Gasteiger partial charge in [0.1, 0.15) is 5.82 Å². The predicted molar refractivity (Wildman–Crippen MR) is 45.1 cm³/mol. The van der Waals surface area contributed by atoms with E-state index in [4.69, 9.17) is 15.2 Å². The Hall–Kier alpha value is -1.29. The normalized spacial score (nSPS) is 15.9. The third-order valence-corrected chi connectivity index (χ3v) is 1.98. The van der Waals surface area contributed by atoms with Crippen LogP contribution in [0.5, 0.6) is 11.5 Å². The first kappa shape index (κ1) is 8.31. The van der Waals surface area contributed by atoms with Crippen LogP contribution in [0, 0.1) is 5.82 Å². The van der Waals surface area contributed by atoms with E-state index in [1.54, 1.807) is 13.0 Å². The molecule has 0 aromatic heterocycles. The van der Waals surface area contributed by atoms with Gasteiger partial charge in [-0.05, 0) is 19.1 Å². The lowest BCUT2D eigenvalue weighted by atomic mass is 10.1. The minimum atomic E-state index is -0.392. The van der Waals surface area contributed by atoms with Crippen LogP contribution >= 0.6 is 0 Å². The van der Waals surface area contributed by atoms with Crippen LogP contribution in [-0.2, 0) is 0 Å². The minimum Gasteiger partial charge on any atom is -0.454 e. The Morgan fingerprint density at radius 1 is 1.46 bits per heavy atom. The Morgan fingerprint density at radius 2 is 2.23 bits per heavy atom. The van der Waals surface area contributed by atoms with Crippen LogP contribution in [0.3, 0.4) is 0 Å². The Morgan fingerprint density at radius 3 is 2.92 bits per heavy atom. The van der Waals surface area contributed by atoms with Crippen molar-refractivity contribution in [3.8, 4) is 11.5 Å². The van der Waals surface area contributed by atoms with Crippen LogP contribution in [0.4, 0.5) is 4.39 Å². The summed E-state index contributed by atoms with van der Waals surface area (Å²) >= 11 is 0. The smallest absolute Gasteiger partial charge is 0.231 e. The molecule has 0 saturated carbocycles. The van der Waals surface area contributed by atoms with E-state index in [9.17, 15) is 4.39 Å². The van der Waals surface area contributed by atoms with E-state index in [1.807, 2.05) is 0 Å². The lowest BCUT2D eigenvalue weighted by Gasteiger charge is -2.09. The second-order valence-corrected chi connectivity index (χ2v) is 2.98. The molecule has 2 rings (SSSR count). The molecule has 4 heteroatoms. The number of nitrogens with two attached hydrogens (primary N) is 1. The average molecular weight is 183 g/mol. The summed E-state index contributed by atoms with van der Waals surface area (Å²) in [6.07, 6.45) is 0. The Labute approximate surface area is 75.3 Å². The number of ether oxygens (including phenoxy) is 2. The molecule has 0 amide bonds. The summed E-state index contributed by atoms with van der Waals surface area (Å²) in [5.74, 6) is 0.656. The van der Waals surface area contributed by atoms with E-state index in [0.29, 0.717) is 17.1 Å². The minimum absolute atomic E-state index is 0.137. The van der Waals surface area contributed by atoms with Crippen LogP contribution < -0.4 is 15.2 Å². The molecule has 1 atom stereocenters. The first-order valence-electron chi connectivity index (χ1n) is 4.03. The van der Waals surface area contributed by atoms with Gasteiger partial charge in [-0.1, -0.05) is 0 Å². The van der Waals surface area contributed by atoms with E-state index in [-0.39, 0.29) is 12.6 Å². The molecule has 13 heavy (non-hydrogen) atoms. The lowest BCUT2D eigenvalue weighted by Crippen LogP contribution is -2.08. The van der Waals surface area contributed by atoms with Crippen molar-refractivity contribution in [2.45, 2.75) is 13.0 Å². The van der Waals surface area contributed by atoms with E-state index in [0.717, 1.165) is 0 Å². The third kappa shape index (κ3) is 1.23. The molecule has 0 saturated heterocycles. The molecule has 1 heterocycles. The number of benzene rings is 1. The number of rotatable bonds is 1. The molecule has 1 aliphatic rings. The fourth-order valence-corrected chi connectivity index (χ4v) is 1.39. The first-order chi connectivity index (χ1) is 6.20. The van der Waals surface area contributed by atoms with E-state index in [2.05, 4.69) is 0 Å². The quantitative estimate of drug-likeness (QED) is 0.718. The van der Waals surface area contributed by atoms with Crippen molar-refractivity contribution in [1.82, 2.24) is 0 Å². The lowest BCUT2D eigenvalue weighted by molar-refractivity contribution is 0.173. The second kappa shape index (κ2) is 2.88. The summed E-state index contributed by atoms with van der Waals surface area (Å²) in [5.41, 5.74) is 6.00. The molecule has 0 radical (unpaired) electrons. The Kier molecular flexibility index (Phi) is 1.84. The third-order valence-electron chi connectivity index (χ3n) is 1.98. The van der Waals surface area contributed by atoms with Crippen LogP contribution in [0.1, 0.15) is 18.5 Å². The molecular weight excluding hydrogens is 173 g/mol. The summed E-state index contributed by atoms with van der Waals surface area (Å²) < 4.78 is 23.5. The molecule has 1 aromatic carbocycles. The van der Waals surface area contributed by atoms with Gasteiger partial charge in [0.15, 0.2) is 11.5 Å². The van der Waals surface area contributed by atoms with Gasteiger partial charge in [-0.25, -0.2) is 4.39 Å². The SMILES string of the molecule is CC(N)c1c(F)ccc2c1OCO2. The summed E-state index contributed by atoms with van der Waals surface area (Å²) in [6.45, 7) is 1.85. The van der Waals surface area contributed by atoms with Crippen molar-refractivity contribution in [1.29, 1.82) is 0 Å². The van der Waals surface area contributed by atoms with Crippen molar-refractivity contribution in [3.63, 3.8) is 0 Å². The second-order valence-electron chi connectivity index (χ2n) is 2.98. The number of halogens is 1. The zero-order chi connectivity index (χ0) is 9.42. The number of hydrogen-bond donors (Lipinski definition) is 1. The van der Waals surface area contributed by atoms with Gasteiger partial charge in [-0.3, -0.25) is 0 Å². The zero-order valence-electron chi connectivity index (χ0n) is 7.21. The monoisotopic (exact) mass is 183 g/mol. The Balaban J connectivity index is 2.58. The Bertz CT molecular complexity index is 339. The largest absolute Gasteiger partial charge is 0.454 e. The molecule has 0 fully saturated rings. The maximum atomic E-state index is 13.3. The maximum absolute atomic E-state index is 13.3. The topological polar surface area (TPSA) is 44.5 Å². The molecular formula is C9H10FNO2. The molecule has 1 unspecified atom stereocenters. The van der Waals surface area contributed by atoms with Crippen molar-refractivity contribution in [2.24, 2.45) is 5.73 Å². The van der Waals surface area contributed by atoms with E-state index in [1.165, 1.54) is 6.07 Å². The molecule has 0 aliphatic carbocycles. The maximum Gasteiger partial charge on any atom is 0.231 e. The van der Waals surface area contributed by atoms with E-state index >= 15 is 0 Å². The fourth-order valence-electron chi connectivity index (χ4n) is 1.39. The van der Waals surface area contributed by atoms with Gasteiger partial charge in [0.05, 0.1) is 5.56 Å². The average Bonchev–Trinajstić information content (AvgIpc) is 2.50. The zero-order valence-corrected chi connectivity index (χ0v) is 7.21. The van der Waals surface area contributed by atoms with Gasteiger partial charge in [0.25, 0.3) is 0 Å². The predicted octanol–water partition coefficient (Wildman–Crippen LogP) is 1.57. The standard InChI is InChI=1S/C9H10FNO2/c1-5(11)8-6(10)2-3-7-9(8)13-4-12-7/h2-3,5H,4,11H2,1H3. The van der Waals surface area contributed by atoms with Crippen LogP contribution in [0.15, 0.2) is 12.1 Å². The summed E-state index contributed by atoms with van der Waals surface area (Å²) in [5, 5.41) is 0. The van der Waals surface area contributed by atoms with Crippen LogP contribution in [-0.4, -0.2) is 6.79 Å². The van der Waals surface area contributed by atoms with Crippen LogP contribution in [0.2, 0.25) is 0 Å². The molecule has 0 bridgehead atoms. The van der Waals surface area contributed by atoms with Crippen molar-refractivity contribution >= 4 is 0 Å². The molecule has 0 spiro atoms. The molecule has 1 aliphatic heterocycles. The summed E-state index contributed by atoms with van der Waals surface area (Å²) in [6, 6.07) is 2.49. The molecule has 1 aromatic rings. The van der Waals surface area contributed by atoms with Gasteiger partial charge in [-0.2, -0.15) is 0 Å². The van der Waals surface area contributed by atoms with Gasteiger partial charge < -0.3 is 15.2 Å². The van der Waals surface area contributed by atoms with Crippen molar-refractivity contribution < 1.29 is 13.9 Å².